The summed E-state index contributed by atoms with van der Waals surface area (Å²) in [7, 11) is 3.19. The monoisotopic (exact) mass is 414 g/mol. The van der Waals surface area contributed by atoms with E-state index in [1.165, 1.54) is 0 Å². The van der Waals surface area contributed by atoms with Crippen LogP contribution in [0.25, 0.3) is 0 Å². The van der Waals surface area contributed by atoms with Gasteiger partial charge in [-0.1, -0.05) is 30.7 Å². The minimum absolute atomic E-state index is 0.0209. The number of hydrogen-bond acceptors (Lipinski definition) is 6. The van der Waals surface area contributed by atoms with Crippen LogP contribution in [0.15, 0.2) is 29.4 Å². The third-order valence-corrected chi connectivity index (χ3v) is 5.75. The van der Waals surface area contributed by atoms with Gasteiger partial charge in [0.15, 0.2) is 0 Å². The summed E-state index contributed by atoms with van der Waals surface area (Å²) in [4.78, 5) is 26.3. The van der Waals surface area contributed by atoms with Crippen molar-refractivity contribution in [2.75, 3.05) is 12.4 Å². The number of amides is 1. The number of ketones is 1. The summed E-state index contributed by atoms with van der Waals surface area (Å²) in [5, 5.41) is 12.8. The zero-order valence-corrected chi connectivity index (χ0v) is 18.8. The van der Waals surface area contributed by atoms with Gasteiger partial charge in [0.05, 0.1) is 0 Å². The molecule has 5 nitrogen and oxygen atoms in total. The van der Waals surface area contributed by atoms with Crippen LogP contribution in [0.3, 0.4) is 0 Å². The molecule has 0 aliphatic carbocycles. The van der Waals surface area contributed by atoms with Crippen molar-refractivity contribution in [2.45, 2.75) is 70.9 Å². The van der Waals surface area contributed by atoms with E-state index in [0.29, 0.717) is 24.5 Å². The molecule has 0 atom stereocenters. The first-order chi connectivity index (χ1) is 12.7. The number of rotatable bonds is 11. The van der Waals surface area contributed by atoms with Crippen molar-refractivity contribution in [3.05, 3.63) is 24.4 Å². The Hall–Kier alpha value is -1.05. The van der Waals surface area contributed by atoms with Gasteiger partial charge in [-0.25, -0.2) is 4.98 Å². The summed E-state index contributed by atoms with van der Waals surface area (Å²) in [5.41, 5.74) is -0.343. The molecule has 0 aliphatic heterocycles. The highest BCUT2D eigenvalue weighted by molar-refractivity contribution is 8.76. The standard InChI is InChI=1S/C13H20N2O2S2.C7H14O/c1-13(2,7-9-16)15-11(17)6-10-18-19-12-5-3-4-8-14-12;1-6(2)4-5-7(3)8/h3-5,8,16H,6-7,9-10H2,1-2H3,(H,15,17);6H,4-5H2,1-3H3. The predicted molar refractivity (Wildman–Crippen MR) is 116 cm³/mol. The second-order valence-corrected chi connectivity index (χ2v) is 9.80. The number of carbonyl (C=O) groups is 2. The predicted octanol–water partition coefficient (Wildman–Crippen LogP) is 4.50. The van der Waals surface area contributed by atoms with Crippen LogP contribution in [0.5, 0.6) is 0 Å². The van der Waals surface area contributed by atoms with Gasteiger partial charge in [0.25, 0.3) is 0 Å². The van der Waals surface area contributed by atoms with Crippen molar-refractivity contribution >= 4 is 33.3 Å². The van der Waals surface area contributed by atoms with Crippen LogP contribution in [0.1, 0.15) is 60.3 Å². The van der Waals surface area contributed by atoms with Crippen LogP contribution in [0.4, 0.5) is 0 Å². The van der Waals surface area contributed by atoms with Crippen molar-refractivity contribution in [3.63, 3.8) is 0 Å². The lowest BCUT2D eigenvalue weighted by Crippen LogP contribution is -2.44. The van der Waals surface area contributed by atoms with E-state index in [-0.39, 0.29) is 18.1 Å². The average molecular weight is 415 g/mol. The third-order valence-electron chi connectivity index (χ3n) is 3.48. The fourth-order valence-electron chi connectivity index (χ4n) is 1.91. The molecule has 0 unspecified atom stereocenters. The van der Waals surface area contributed by atoms with Crippen LogP contribution in [0, 0.1) is 5.92 Å². The number of pyridine rings is 1. The van der Waals surface area contributed by atoms with Gasteiger partial charge in [-0.05, 0) is 62.5 Å². The summed E-state index contributed by atoms with van der Waals surface area (Å²) in [6, 6.07) is 5.77. The molecule has 1 amide bonds. The Labute approximate surface area is 171 Å². The number of aromatic nitrogens is 1. The molecular weight excluding hydrogens is 380 g/mol. The molecule has 0 saturated heterocycles. The molecule has 0 saturated carbocycles. The van der Waals surface area contributed by atoms with E-state index in [2.05, 4.69) is 24.1 Å². The van der Waals surface area contributed by atoms with Gasteiger partial charge < -0.3 is 15.2 Å². The molecule has 0 bridgehead atoms. The molecule has 2 N–H and O–H groups in total. The van der Waals surface area contributed by atoms with E-state index in [4.69, 9.17) is 5.11 Å². The van der Waals surface area contributed by atoms with Crippen LogP contribution < -0.4 is 5.32 Å². The second kappa shape index (κ2) is 14.9. The number of carbonyl (C=O) groups excluding carboxylic acids is 2. The van der Waals surface area contributed by atoms with Gasteiger partial charge >= 0.3 is 0 Å². The van der Waals surface area contributed by atoms with Crippen molar-refractivity contribution < 1.29 is 14.7 Å². The maximum Gasteiger partial charge on any atom is 0.221 e. The Balaban J connectivity index is 0.000000713. The molecule has 0 radical (unpaired) electrons. The zero-order valence-electron chi connectivity index (χ0n) is 17.2. The number of aliphatic hydroxyl groups excluding tert-OH is 1. The highest BCUT2D eigenvalue weighted by Gasteiger charge is 2.19. The molecule has 1 aromatic heterocycles. The lowest BCUT2D eigenvalue weighted by molar-refractivity contribution is -0.122. The van der Waals surface area contributed by atoms with E-state index in [9.17, 15) is 9.59 Å². The summed E-state index contributed by atoms with van der Waals surface area (Å²) < 4.78 is 0. The fourth-order valence-corrected chi connectivity index (χ4v) is 3.78. The largest absolute Gasteiger partial charge is 0.396 e. The molecule has 0 aromatic carbocycles. The van der Waals surface area contributed by atoms with E-state index in [1.54, 1.807) is 34.7 Å². The highest BCUT2D eigenvalue weighted by atomic mass is 33.1. The zero-order chi connectivity index (χ0) is 20.7. The number of aliphatic hydroxyl groups is 1. The maximum atomic E-state index is 11.7. The smallest absolute Gasteiger partial charge is 0.221 e. The van der Waals surface area contributed by atoms with Crippen LogP contribution >= 0.6 is 21.6 Å². The van der Waals surface area contributed by atoms with Gasteiger partial charge in [-0.2, -0.15) is 0 Å². The van der Waals surface area contributed by atoms with Crippen LogP contribution in [-0.2, 0) is 9.59 Å². The Morgan fingerprint density at radius 3 is 2.44 bits per heavy atom. The van der Waals surface area contributed by atoms with E-state index >= 15 is 0 Å². The van der Waals surface area contributed by atoms with Crippen LogP contribution in [0.2, 0.25) is 0 Å². The first-order valence-corrected chi connectivity index (χ1v) is 11.6. The molecule has 154 valence electrons. The average Bonchev–Trinajstić information content (AvgIpc) is 2.58. The lowest BCUT2D eigenvalue weighted by atomic mass is 10.0. The minimum Gasteiger partial charge on any atom is -0.396 e. The summed E-state index contributed by atoms with van der Waals surface area (Å²) in [6.07, 6.45) is 4.58. The van der Waals surface area contributed by atoms with Crippen molar-refractivity contribution in [1.82, 2.24) is 10.3 Å². The maximum absolute atomic E-state index is 11.7. The van der Waals surface area contributed by atoms with Crippen LogP contribution in [-0.4, -0.2) is 39.7 Å². The van der Waals surface area contributed by atoms with Gasteiger partial charge in [-0.3, -0.25) is 4.79 Å². The normalized spacial score (nSPS) is 10.9. The Morgan fingerprint density at radius 1 is 1.26 bits per heavy atom. The molecule has 1 rings (SSSR count). The van der Waals surface area contributed by atoms with Gasteiger partial charge in [0, 0.05) is 36.9 Å². The third kappa shape index (κ3) is 16.8. The number of Topliss-reactive ketones (excluding diaryl/α,β-unsaturated/α-hetero) is 1. The van der Waals surface area contributed by atoms with Crippen molar-refractivity contribution in [2.24, 2.45) is 5.92 Å². The molecule has 0 spiro atoms. The molecule has 7 heteroatoms. The molecule has 1 aromatic rings. The number of nitrogens with one attached hydrogen (secondary N) is 1. The summed E-state index contributed by atoms with van der Waals surface area (Å²) in [5.74, 6) is 1.73. The van der Waals surface area contributed by atoms with Gasteiger partial charge in [0.1, 0.15) is 10.8 Å². The lowest BCUT2D eigenvalue weighted by Gasteiger charge is -2.25. The van der Waals surface area contributed by atoms with Gasteiger partial charge in [0.2, 0.25) is 5.91 Å². The topological polar surface area (TPSA) is 79.3 Å². The van der Waals surface area contributed by atoms with Crippen molar-refractivity contribution in [3.8, 4) is 0 Å². The summed E-state index contributed by atoms with van der Waals surface area (Å²) >= 11 is 0. The molecule has 1 heterocycles. The van der Waals surface area contributed by atoms with Crippen molar-refractivity contribution in [1.29, 1.82) is 0 Å². The molecular formula is C20H34N2O3S2. The van der Waals surface area contributed by atoms with E-state index < -0.39 is 0 Å². The highest BCUT2D eigenvalue weighted by Crippen LogP contribution is 2.29. The summed E-state index contributed by atoms with van der Waals surface area (Å²) in [6.45, 7) is 9.81. The quantitative estimate of drug-likeness (QED) is 0.410. The molecule has 0 fully saturated rings. The first-order valence-electron chi connectivity index (χ1n) is 9.28. The molecule has 27 heavy (non-hydrogen) atoms. The Morgan fingerprint density at radius 2 is 1.96 bits per heavy atom. The van der Waals surface area contributed by atoms with E-state index in [0.717, 1.165) is 23.6 Å². The SMILES string of the molecule is CC(=O)CCC(C)C.CC(C)(CCO)NC(=O)CCSSc1ccccn1. The number of hydrogen-bond donors (Lipinski definition) is 2. The number of nitrogens with zero attached hydrogens (tertiary/aromatic N) is 1. The van der Waals surface area contributed by atoms with Gasteiger partial charge in [-0.15, -0.1) is 0 Å². The Bertz CT molecular complexity index is 537. The molecule has 0 aliphatic rings. The fraction of sp³-hybridized carbons (Fsp3) is 0.650. The Kier molecular flexibility index (Phi) is 14.4. The first kappa shape index (κ1) is 26.0. The minimum atomic E-state index is -0.343. The van der Waals surface area contributed by atoms with E-state index in [1.807, 2.05) is 32.0 Å². The second-order valence-electron chi connectivity index (χ2n) is 7.36.